The molecule has 0 aromatic heterocycles. The summed E-state index contributed by atoms with van der Waals surface area (Å²) >= 11 is 0. The number of halogens is 1. The van der Waals surface area contributed by atoms with Crippen molar-refractivity contribution >= 4 is 11.7 Å². The molecule has 4 nitrogen and oxygen atoms in total. The first-order valence-electron chi connectivity index (χ1n) is 5.96. The van der Waals surface area contributed by atoms with Crippen molar-refractivity contribution < 1.29 is 18.7 Å². The fourth-order valence-electron chi connectivity index (χ4n) is 1.74. The van der Waals surface area contributed by atoms with Crippen LogP contribution in [-0.2, 0) is 11.3 Å². The summed E-state index contributed by atoms with van der Waals surface area (Å²) in [6.07, 6.45) is 0. The van der Waals surface area contributed by atoms with E-state index in [0.29, 0.717) is 17.0 Å². The number of hydrogen-bond donors (Lipinski definition) is 1. The Morgan fingerprint density at radius 1 is 1.25 bits per heavy atom. The van der Waals surface area contributed by atoms with Crippen LogP contribution in [0.2, 0.25) is 0 Å². The fraction of sp³-hybridized carbons (Fsp3) is 0.133. The molecule has 2 aromatic rings. The number of carbonyl (C=O) groups excluding carboxylic acids is 1. The molecule has 2 rings (SSSR count). The zero-order valence-electron chi connectivity index (χ0n) is 10.9. The highest BCUT2D eigenvalue weighted by Crippen LogP contribution is 2.19. The molecule has 104 valence electrons. The van der Waals surface area contributed by atoms with Crippen molar-refractivity contribution in [2.75, 3.05) is 12.8 Å². The van der Waals surface area contributed by atoms with Crippen LogP contribution in [0, 0.1) is 5.82 Å². The van der Waals surface area contributed by atoms with E-state index in [2.05, 4.69) is 0 Å². The van der Waals surface area contributed by atoms with Crippen molar-refractivity contribution in [1.82, 2.24) is 0 Å². The summed E-state index contributed by atoms with van der Waals surface area (Å²) in [6, 6.07) is 10.9. The Balaban J connectivity index is 2.11. The maximum Gasteiger partial charge on any atom is 0.341 e. The van der Waals surface area contributed by atoms with Gasteiger partial charge in [-0.2, -0.15) is 0 Å². The average molecular weight is 275 g/mol. The molecule has 0 radical (unpaired) electrons. The van der Waals surface area contributed by atoms with Gasteiger partial charge in [-0.25, -0.2) is 9.18 Å². The summed E-state index contributed by atoms with van der Waals surface area (Å²) < 4.78 is 23.7. The minimum Gasteiger partial charge on any atom is -0.496 e. The van der Waals surface area contributed by atoms with E-state index < -0.39 is 11.8 Å². The van der Waals surface area contributed by atoms with Crippen LogP contribution in [0.15, 0.2) is 42.5 Å². The van der Waals surface area contributed by atoms with E-state index in [4.69, 9.17) is 15.2 Å². The fourth-order valence-corrected chi connectivity index (χ4v) is 1.74. The molecule has 2 N–H and O–H groups in total. The normalized spacial score (nSPS) is 10.1. The highest BCUT2D eigenvalue weighted by atomic mass is 19.1. The van der Waals surface area contributed by atoms with Crippen LogP contribution < -0.4 is 10.5 Å². The molecule has 0 heterocycles. The predicted octanol–water partition coefficient (Wildman–Crippen LogP) is 2.77. The number of nitrogens with two attached hydrogens (primary N) is 1. The quantitative estimate of drug-likeness (QED) is 0.688. The van der Waals surface area contributed by atoms with Gasteiger partial charge in [0.2, 0.25) is 0 Å². The first kappa shape index (κ1) is 13.9. The molecule has 0 atom stereocenters. The summed E-state index contributed by atoms with van der Waals surface area (Å²) in [7, 11) is 1.53. The maximum atomic E-state index is 13.5. The highest BCUT2D eigenvalue weighted by Gasteiger charge is 2.14. The summed E-state index contributed by atoms with van der Waals surface area (Å²) in [4.78, 5) is 11.8. The second-order valence-corrected chi connectivity index (χ2v) is 4.13. The highest BCUT2D eigenvalue weighted by molar-refractivity contribution is 5.90. The Bertz CT molecular complexity index is 628. The number of para-hydroxylation sites is 1. The number of benzene rings is 2. The van der Waals surface area contributed by atoms with Gasteiger partial charge in [-0.1, -0.05) is 18.2 Å². The lowest BCUT2D eigenvalue weighted by Crippen LogP contribution is -2.08. The van der Waals surface area contributed by atoms with Gasteiger partial charge in [0.25, 0.3) is 0 Å². The molecule has 0 saturated heterocycles. The minimum atomic E-state index is -0.763. The van der Waals surface area contributed by atoms with Crippen molar-refractivity contribution in [3.05, 3.63) is 59.4 Å². The molecule has 0 aliphatic carbocycles. The van der Waals surface area contributed by atoms with Crippen LogP contribution >= 0.6 is 0 Å². The molecular formula is C15H14FNO3. The Morgan fingerprint density at radius 2 is 2.00 bits per heavy atom. The van der Waals surface area contributed by atoms with Crippen molar-refractivity contribution in [1.29, 1.82) is 0 Å². The third kappa shape index (κ3) is 3.06. The van der Waals surface area contributed by atoms with Gasteiger partial charge in [-0.05, 0) is 24.3 Å². The maximum absolute atomic E-state index is 13.5. The SMILES string of the molecule is COc1ccccc1COC(=O)c1cc(N)ccc1F. The Kier molecular flexibility index (Phi) is 4.20. The van der Waals surface area contributed by atoms with Crippen LogP contribution in [0.25, 0.3) is 0 Å². The summed E-state index contributed by atoms with van der Waals surface area (Å²) in [6.45, 7) is -0.00289. The second kappa shape index (κ2) is 6.06. The summed E-state index contributed by atoms with van der Waals surface area (Å²) in [5.41, 5.74) is 6.35. The number of rotatable bonds is 4. The van der Waals surface area contributed by atoms with Crippen LogP contribution in [0.5, 0.6) is 5.75 Å². The van der Waals surface area contributed by atoms with E-state index in [1.165, 1.54) is 19.2 Å². The van der Waals surface area contributed by atoms with E-state index in [0.717, 1.165) is 6.07 Å². The lowest BCUT2D eigenvalue weighted by molar-refractivity contribution is 0.0465. The Hall–Kier alpha value is -2.56. The lowest BCUT2D eigenvalue weighted by atomic mass is 10.2. The van der Waals surface area contributed by atoms with Crippen molar-refractivity contribution in [3.63, 3.8) is 0 Å². The third-order valence-corrected chi connectivity index (χ3v) is 2.76. The average Bonchev–Trinajstić information content (AvgIpc) is 2.47. The summed E-state index contributed by atoms with van der Waals surface area (Å²) in [5, 5.41) is 0. The van der Waals surface area contributed by atoms with Crippen molar-refractivity contribution in [3.8, 4) is 5.75 Å². The van der Waals surface area contributed by atoms with Gasteiger partial charge >= 0.3 is 5.97 Å². The molecule has 0 amide bonds. The van der Waals surface area contributed by atoms with Crippen LogP contribution in [0.3, 0.4) is 0 Å². The number of hydrogen-bond acceptors (Lipinski definition) is 4. The zero-order valence-corrected chi connectivity index (χ0v) is 10.9. The monoisotopic (exact) mass is 275 g/mol. The van der Waals surface area contributed by atoms with Gasteiger partial charge in [0, 0.05) is 11.3 Å². The number of ether oxygens (including phenoxy) is 2. The molecule has 0 aliphatic rings. The lowest BCUT2D eigenvalue weighted by Gasteiger charge is -2.09. The van der Waals surface area contributed by atoms with Crippen LogP contribution in [0.1, 0.15) is 15.9 Å². The molecule has 0 saturated carbocycles. The van der Waals surface area contributed by atoms with Gasteiger partial charge in [0.1, 0.15) is 18.2 Å². The van der Waals surface area contributed by atoms with Gasteiger partial charge in [-0.15, -0.1) is 0 Å². The molecular weight excluding hydrogens is 261 g/mol. The van der Waals surface area contributed by atoms with Crippen LogP contribution in [0.4, 0.5) is 10.1 Å². The molecule has 20 heavy (non-hydrogen) atoms. The van der Waals surface area contributed by atoms with Gasteiger partial charge < -0.3 is 15.2 Å². The van der Waals surface area contributed by atoms with Gasteiger partial charge in [0.05, 0.1) is 12.7 Å². The minimum absolute atomic E-state index is 0.00289. The molecule has 0 bridgehead atoms. The van der Waals surface area contributed by atoms with E-state index in [-0.39, 0.29) is 12.2 Å². The van der Waals surface area contributed by atoms with Crippen molar-refractivity contribution in [2.24, 2.45) is 0 Å². The van der Waals surface area contributed by atoms with E-state index >= 15 is 0 Å². The smallest absolute Gasteiger partial charge is 0.341 e. The zero-order chi connectivity index (χ0) is 14.5. The second-order valence-electron chi connectivity index (χ2n) is 4.13. The molecule has 2 aromatic carbocycles. The Morgan fingerprint density at radius 3 is 2.75 bits per heavy atom. The van der Waals surface area contributed by atoms with Crippen molar-refractivity contribution in [2.45, 2.75) is 6.61 Å². The summed E-state index contributed by atoms with van der Waals surface area (Å²) in [5.74, 6) is -0.821. The number of anilines is 1. The Labute approximate surface area is 115 Å². The number of esters is 1. The molecule has 5 heteroatoms. The van der Waals surface area contributed by atoms with Gasteiger partial charge in [-0.3, -0.25) is 0 Å². The predicted molar refractivity (Wildman–Crippen MR) is 72.9 cm³/mol. The number of nitrogen functional groups attached to an aromatic ring is 1. The van der Waals surface area contributed by atoms with Gasteiger partial charge in [0.15, 0.2) is 0 Å². The topological polar surface area (TPSA) is 61.5 Å². The molecule has 0 unspecified atom stereocenters. The number of carbonyl (C=O) groups is 1. The molecule has 0 aliphatic heterocycles. The van der Waals surface area contributed by atoms with E-state index in [1.807, 2.05) is 6.07 Å². The first-order chi connectivity index (χ1) is 9.61. The molecule has 0 spiro atoms. The third-order valence-electron chi connectivity index (χ3n) is 2.76. The van der Waals surface area contributed by atoms with E-state index in [1.54, 1.807) is 18.2 Å². The standard InChI is InChI=1S/C15H14FNO3/c1-19-14-5-3-2-4-10(14)9-20-15(18)12-8-11(17)6-7-13(12)16/h2-8H,9,17H2,1H3. The largest absolute Gasteiger partial charge is 0.496 e. The van der Waals surface area contributed by atoms with Crippen LogP contribution in [-0.4, -0.2) is 13.1 Å². The number of methoxy groups -OCH3 is 1. The first-order valence-corrected chi connectivity index (χ1v) is 5.96. The van der Waals surface area contributed by atoms with E-state index in [9.17, 15) is 9.18 Å². The molecule has 0 fully saturated rings.